The van der Waals surface area contributed by atoms with Crippen molar-refractivity contribution >= 4 is 5.82 Å². The predicted octanol–water partition coefficient (Wildman–Crippen LogP) is 3.11. The van der Waals surface area contributed by atoms with Gasteiger partial charge in [-0.2, -0.15) is 0 Å². The number of nitrogen functional groups attached to an aromatic ring is 1. The summed E-state index contributed by atoms with van der Waals surface area (Å²) in [6.07, 6.45) is 10.6. The molecule has 0 amide bonds. The zero-order valence-corrected chi connectivity index (χ0v) is 10.8. The van der Waals surface area contributed by atoms with Crippen LogP contribution in [0.1, 0.15) is 32.6 Å². The van der Waals surface area contributed by atoms with Crippen molar-refractivity contribution in [1.82, 2.24) is 14.5 Å². The summed E-state index contributed by atoms with van der Waals surface area (Å²) in [7, 11) is 0. The van der Waals surface area contributed by atoms with Gasteiger partial charge in [0, 0.05) is 18.3 Å². The second-order valence-corrected chi connectivity index (χ2v) is 4.50. The van der Waals surface area contributed by atoms with Gasteiger partial charge in [0.25, 0.3) is 0 Å². The number of hydrogen-bond acceptors (Lipinski definition) is 3. The number of nitrogens with zero attached hydrogens (tertiary/aromatic N) is 3. The van der Waals surface area contributed by atoms with E-state index >= 15 is 0 Å². The number of imidazole rings is 1. The van der Waals surface area contributed by atoms with Gasteiger partial charge in [0.15, 0.2) is 0 Å². The highest BCUT2D eigenvalue weighted by atomic mass is 15.0. The Bertz CT molecular complexity index is 473. The third-order valence-electron chi connectivity index (χ3n) is 3.05. The van der Waals surface area contributed by atoms with Crippen molar-refractivity contribution in [3.05, 3.63) is 30.9 Å². The van der Waals surface area contributed by atoms with Crippen LogP contribution in [-0.2, 0) is 6.54 Å². The van der Waals surface area contributed by atoms with Crippen molar-refractivity contribution in [1.29, 1.82) is 0 Å². The van der Waals surface area contributed by atoms with Crippen molar-refractivity contribution < 1.29 is 0 Å². The highest BCUT2D eigenvalue weighted by Crippen LogP contribution is 2.19. The average molecular weight is 244 g/mol. The topological polar surface area (TPSA) is 56.7 Å². The van der Waals surface area contributed by atoms with Crippen LogP contribution in [0.2, 0.25) is 0 Å². The summed E-state index contributed by atoms with van der Waals surface area (Å²) in [5.74, 6) is 0.549. The third kappa shape index (κ3) is 3.09. The Morgan fingerprint density at radius 1 is 1.17 bits per heavy atom. The summed E-state index contributed by atoms with van der Waals surface area (Å²) in [4.78, 5) is 8.35. The minimum atomic E-state index is 0.549. The average Bonchev–Trinajstić information content (AvgIpc) is 2.84. The van der Waals surface area contributed by atoms with E-state index in [1.165, 1.54) is 25.7 Å². The summed E-state index contributed by atoms with van der Waals surface area (Å²) in [5, 5.41) is 0. The van der Waals surface area contributed by atoms with E-state index in [1.807, 2.05) is 24.7 Å². The van der Waals surface area contributed by atoms with E-state index in [0.717, 1.165) is 17.8 Å². The van der Waals surface area contributed by atoms with E-state index in [2.05, 4.69) is 21.5 Å². The number of unbranched alkanes of at least 4 members (excludes halogenated alkanes) is 3. The first-order chi connectivity index (χ1) is 8.81. The van der Waals surface area contributed by atoms with Crippen LogP contribution in [0, 0.1) is 0 Å². The van der Waals surface area contributed by atoms with Crippen LogP contribution in [0.5, 0.6) is 0 Å². The molecule has 4 nitrogen and oxygen atoms in total. The van der Waals surface area contributed by atoms with Gasteiger partial charge in [0.05, 0.1) is 18.2 Å². The molecule has 0 spiro atoms. The first-order valence-corrected chi connectivity index (χ1v) is 6.53. The van der Waals surface area contributed by atoms with E-state index in [9.17, 15) is 0 Å². The van der Waals surface area contributed by atoms with Gasteiger partial charge < -0.3 is 10.3 Å². The zero-order valence-electron chi connectivity index (χ0n) is 10.8. The molecule has 2 rings (SSSR count). The van der Waals surface area contributed by atoms with Gasteiger partial charge in [-0.25, -0.2) is 9.97 Å². The number of rotatable bonds is 6. The molecule has 2 heterocycles. The molecule has 4 heteroatoms. The molecule has 0 aliphatic heterocycles. The number of aromatic nitrogens is 3. The SMILES string of the molecule is CCCCCCn1cncc1-c1ccc(N)nc1. The molecular formula is C14H20N4. The van der Waals surface area contributed by atoms with Crippen LogP contribution in [0.4, 0.5) is 5.82 Å². The van der Waals surface area contributed by atoms with E-state index in [4.69, 9.17) is 5.73 Å². The summed E-state index contributed by atoms with van der Waals surface area (Å²) in [6, 6.07) is 3.81. The summed E-state index contributed by atoms with van der Waals surface area (Å²) < 4.78 is 2.18. The number of pyridine rings is 1. The highest BCUT2D eigenvalue weighted by molar-refractivity contribution is 5.58. The van der Waals surface area contributed by atoms with Crippen molar-refractivity contribution in [2.75, 3.05) is 5.73 Å². The Hall–Kier alpha value is -1.84. The van der Waals surface area contributed by atoms with Gasteiger partial charge in [-0.05, 0) is 18.6 Å². The molecule has 0 atom stereocenters. The zero-order chi connectivity index (χ0) is 12.8. The second-order valence-electron chi connectivity index (χ2n) is 4.50. The Balaban J connectivity index is 2.05. The monoisotopic (exact) mass is 244 g/mol. The summed E-state index contributed by atoms with van der Waals surface area (Å²) >= 11 is 0. The van der Waals surface area contributed by atoms with E-state index < -0.39 is 0 Å². The van der Waals surface area contributed by atoms with E-state index in [0.29, 0.717) is 5.82 Å². The molecule has 2 N–H and O–H groups in total. The number of anilines is 1. The van der Waals surface area contributed by atoms with Crippen molar-refractivity contribution in [3.63, 3.8) is 0 Å². The smallest absolute Gasteiger partial charge is 0.123 e. The molecule has 0 saturated heterocycles. The molecule has 0 aliphatic rings. The van der Waals surface area contributed by atoms with Crippen LogP contribution in [-0.4, -0.2) is 14.5 Å². The first-order valence-electron chi connectivity index (χ1n) is 6.53. The molecule has 18 heavy (non-hydrogen) atoms. The third-order valence-corrected chi connectivity index (χ3v) is 3.05. The maximum absolute atomic E-state index is 5.60. The molecule has 0 aliphatic carbocycles. The summed E-state index contributed by atoms with van der Waals surface area (Å²) in [5.41, 5.74) is 7.78. The molecular weight excluding hydrogens is 224 g/mol. The normalized spacial score (nSPS) is 10.7. The van der Waals surface area contributed by atoms with Crippen LogP contribution < -0.4 is 5.73 Å². The van der Waals surface area contributed by atoms with Crippen LogP contribution in [0.25, 0.3) is 11.3 Å². The molecule has 0 fully saturated rings. The van der Waals surface area contributed by atoms with Crippen LogP contribution in [0.3, 0.4) is 0 Å². The Morgan fingerprint density at radius 2 is 2.06 bits per heavy atom. The Kier molecular flexibility index (Phi) is 4.34. The molecule has 2 aromatic rings. The minimum absolute atomic E-state index is 0.549. The molecule has 0 bridgehead atoms. The first kappa shape index (κ1) is 12.6. The fourth-order valence-electron chi connectivity index (χ4n) is 2.01. The number of aryl methyl sites for hydroxylation is 1. The Labute approximate surface area is 108 Å². The molecule has 0 saturated carbocycles. The van der Waals surface area contributed by atoms with Gasteiger partial charge in [0.1, 0.15) is 5.82 Å². The van der Waals surface area contributed by atoms with Gasteiger partial charge in [-0.15, -0.1) is 0 Å². The predicted molar refractivity (Wildman–Crippen MR) is 74.0 cm³/mol. The van der Waals surface area contributed by atoms with Crippen molar-refractivity contribution in [3.8, 4) is 11.3 Å². The van der Waals surface area contributed by atoms with Crippen molar-refractivity contribution in [2.24, 2.45) is 0 Å². The quantitative estimate of drug-likeness (QED) is 0.794. The lowest BCUT2D eigenvalue weighted by Crippen LogP contribution is -1.99. The van der Waals surface area contributed by atoms with Crippen LogP contribution >= 0.6 is 0 Å². The van der Waals surface area contributed by atoms with Gasteiger partial charge in [-0.1, -0.05) is 26.2 Å². The summed E-state index contributed by atoms with van der Waals surface area (Å²) in [6.45, 7) is 3.24. The van der Waals surface area contributed by atoms with Gasteiger partial charge >= 0.3 is 0 Å². The lowest BCUT2D eigenvalue weighted by molar-refractivity contribution is 0.585. The maximum Gasteiger partial charge on any atom is 0.123 e. The second kappa shape index (κ2) is 6.19. The molecule has 96 valence electrons. The van der Waals surface area contributed by atoms with E-state index in [-0.39, 0.29) is 0 Å². The molecule has 0 radical (unpaired) electrons. The molecule has 0 aromatic carbocycles. The number of hydrogen-bond donors (Lipinski definition) is 1. The maximum atomic E-state index is 5.60. The van der Waals surface area contributed by atoms with E-state index in [1.54, 1.807) is 6.20 Å². The molecule has 2 aromatic heterocycles. The lowest BCUT2D eigenvalue weighted by atomic mass is 10.2. The van der Waals surface area contributed by atoms with Crippen molar-refractivity contribution in [2.45, 2.75) is 39.2 Å². The fourth-order valence-corrected chi connectivity index (χ4v) is 2.01. The minimum Gasteiger partial charge on any atom is -0.384 e. The fraction of sp³-hybridized carbons (Fsp3) is 0.429. The number of nitrogens with two attached hydrogens (primary N) is 1. The molecule has 0 unspecified atom stereocenters. The standard InChI is InChI=1S/C14H20N4/c1-2-3-4-5-8-18-11-16-10-13(18)12-6-7-14(15)17-9-12/h6-7,9-11H,2-5,8H2,1H3,(H2,15,17). The van der Waals surface area contributed by atoms with Gasteiger partial charge in [0.2, 0.25) is 0 Å². The lowest BCUT2D eigenvalue weighted by Gasteiger charge is -2.07. The largest absolute Gasteiger partial charge is 0.384 e. The Morgan fingerprint density at radius 3 is 2.78 bits per heavy atom. The van der Waals surface area contributed by atoms with Crippen LogP contribution in [0.15, 0.2) is 30.9 Å². The highest BCUT2D eigenvalue weighted by Gasteiger charge is 2.05. The van der Waals surface area contributed by atoms with Gasteiger partial charge in [-0.3, -0.25) is 0 Å².